The number of hydrogen-bond donors (Lipinski definition) is 0. The first-order valence-corrected chi connectivity index (χ1v) is 4.71. The topological polar surface area (TPSA) is 12.4 Å². The van der Waals surface area contributed by atoms with Crippen LogP contribution in [0.5, 0.6) is 0 Å². The van der Waals surface area contributed by atoms with Gasteiger partial charge in [-0.25, -0.2) is 0 Å². The second-order valence-electron chi connectivity index (χ2n) is 2.41. The summed E-state index contributed by atoms with van der Waals surface area (Å²) in [6, 6.07) is 0.761. The van der Waals surface area contributed by atoms with Crippen LogP contribution in [-0.2, 0) is 20.9 Å². The Bertz CT molecular complexity index is 76.6. The number of rotatable bonds is 1. The quantitative estimate of drug-likeness (QED) is 0.696. The molecule has 0 spiro atoms. The van der Waals surface area contributed by atoms with Crippen molar-refractivity contribution in [2.75, 3.05) is 0 Å². The normalized spacial score (nSPS) is 22.9. The summed E-state index contributed by atoms with van der Waals surface area (Å²) in [6.07, 6.45) is 7.04. The molecule has 0 aliphatic heterocycles. The Labute approximate surface area is 62.6 Å². The van der Waals surface area contributed by atoms with E-state index in [9.17, 15) is 0 Å². The average Bonchev–Trinajstić information content (AvgIpc) is 1.90. The summed E-state index contributed by atoms with van der Waals surface area (Å²) in [4.78, 5) is 0. The molecule has 0 unspecified atom stereocenters. The molecule has 1 aliphatic carbocycles. The van der Waals surface area contributed by atoms with Gasteiger partial charge in [0.1, 0.15) is 0 Å². The summed E-state index contributed by atoms with van der Waals surface area (Å²) in [7, 11) is 0. The molecule has 0 aromatic rings. The third-order valence-corrected chi connectivity index (χ3v) is 2.91. The van der Waals surface area contributed by atoms with Crippen LogP contribution >= 0.6 is 0 Å². The van der Waals surface area contributed by atoms with E-state index in [1.807, 2.05) is 0 Å². The molecule has 0 N–H and O–H groups in total. The summed E-state index contributed by atoms with van der Waals surface area (Å²) in [5.74, 6) is 0. The molecule has 0 radical (unpaired) electrons. The Balaban J connectivity index is 2.22. The molecule has 2 heteroatoms. The molecule has 1 rings (SSSR count). The molecule has 0 bridgehead atoms. The van der Waals surface area contributed by atoms with Crippen LogP contribution in [0.25, 0.3) is 0 Å². The van der Waals surface area contributed by atoms with Gasteiger partial charge in [-0.2, -0.15) is 0 Å². The minimum absolute atomic E-state index is 0.761. The molecular weight excluding hydrogens is 267 g/mol. The second-order valence-corrected chi connectivity index (χ2v) is 3.24. The van der Waals surface area contributed by atoms with E-state index in [0.717, 1.165) is 6.04 Å². The molecule has 8 heavy (non-hydrogen) atoms. The van der Waals surface area contributed by atoms with Gasteiger partial charge in [0.15, 0.2) is 0 Å². The molecule has 1 saturated carbocycles. The van der Waals surface area contributed by atoms with Gasteiger partial charge < -0.3 is 0 Å². The van der Waals surface area contributed by atoms with Crippen molar-refractivity contribution in [1.29, 1.82) is 0 Å². The SMILES string of the molecule is [Ta]=[N]C1CCCCC1. The monoisotopic (exact) mass is 278 g/mol. The Morgan fingerprint density at radius 3 is 2.12 bits per heavy atom. The van der Waals surface area contributed by atoms with Crippen molar-refractivity contribution in [2.45, 2.75) is 38.1 Å². The molecule has 1 fully saturated rings. The molecule has 45 valence electrons. The van der Waals surface area contributed by atoms with Crippen LogP contribution in [0.4, 0.5) is 0 Å². The minimum atomic E-state index is 0.761. The molecule has 1 aliphatic rings. The zero-order chi connectivity index (χ0) is 5.82. The van der Waals surface area contributed by atoms with E-state index in [-0.39, 0.29) is 0 Å². The van der Waals surface area contributed by atoms with Crippen molar-refractivity contribution in [3.05, 3.63) is 0 Å². The van der Waals surface area contributed by atoms with Gasteiger partial charge in [-0.05, 0) is 0 Å². The van der Waals surface area contributed by atoms with Gasteiger partial charge in [0.05, 0.1) is 0 Å². The Hall–Kier alpha value is 0.540. The van der Waals surface area contributed by atoms with Gasteiger partial charge in [0.25, 0.3) is 0 Å². The molecule has 0 heterocycles. The standard InChI is InChI=1S/C6H11N.Ta/c7-6-4-2-1-3-5-6;/h6H,1-5H2;. The fraction of sp³-hybridized carbons (Fsp3) is 1.00. The van der Waals surface area contributed by atoms with Crippen molar-refractivity contribution < 1.29 is 20.9 Å². The third-order valence-electron chi connectivity index (χ3n) is 1.74. The molecule has 0 aromatic heterocycles. The van der Waals surface area contributed by atoms with Gasteiger partial charge in [-0.15, -0.1) is 0 Å². The third kappa shape index (κ3) is 1.81. The molecule has 1 nitrogen and oxygen atoms in total. The summed E-state index contributed by atoms with van der Waals surface area (Å²) >= 11 is 1.23. The van der Waals surface area contributed by atoms with Crippen molar-refractivity contribution in [2.24, 2.45) is 3.34 Å². The van der Waals surface area contributed by atoms with Gasteiger partial charge in [-0.3, -0.25) is 0 Å². The average molecular weight is 278 g/mol. The van der Waals surface area contributed by atoms with E-state index >= 15 is 0 Å². The molecule has 0 saturated heterocycles. The van der Waals surface area contributed by atoms with Crippen LogP contribution in [0.3, 0.4) is 0 Å². The van der Waals surface area contributed by atoms with Gasteiger partial charge in [0.2, 0.25) is 0 Å². The van der Waals surface area contributed by atoms with Crippen molar-refractivity contribution in [3.63, 3.8) is 0 Å². The van der Waals surface area contributed by atoms with Crippen molar-refractivity contribution in [1.82, 2.24) is 0 Å². The summed E-state index contributed by atoms with van der Waals surface area (Å²) in [5.41, 5.74) is 0. The van der Waals surface area contributed by atoms with Crippen molar-refractivity contribution in [3.8, 4) is 0 Å². The van der Waals surface area contributed by atoms with E-state index < -0.39 is 0 Å². The van der Waals surface area contributed by atoms with E-state index in [2.05, 4.69) is 3.34 Å². The van der Waals surface area contributed by atoms with Crippen LogP contribution < -0.4 is 0 Å². The summed E-state index contributed by atoms with van der Waals surface area (Å²) in [6.45, 7) is 0. The van der Waals surface area contributed by atoms with E-state index in [0.29, 0.717) is 0 Å². The van der Waals surface area contributed by atoms with Crippen LogP contribution in [0.15, 0.2) is 3.34 Å². The van der Waals surface area contributed by atoms with Crippen molar-refractivity contribution >= 4 is 0 Å². The Morgan fingerprint density at radius 2 is 1.75 bits per heavy atom. The van der Waals surface area contributed by atoms with E-state index in [1.165, 1.54) is 53.0 Å². The zero-order valence-corrected chi connectivity index (χ0v) is 8.22. The molecule has 0 amide bonds. The Morgan fingerprint density at radius 1 is 1.12 bits per heavy atom. The predicted molar refractivity (Wildman–Crippen MR) is 29.3 cm³/mol. The zero-order valence-electron chi connectivity index (χ0n) is 5.01. The maximum absolute atomic E-state index is 4.36. The van der Waals surface area contributed by atoms with Crippen LogP contribution in [0.2, 0.25) is 0 Å². The fourth-order valence-corrected chi connectivity index (χ4v) is 2.03. The van der Waals surface area contributed by atoms with Gasteiger partial charge in [-0.1, -0.05) is 0 Å². The van der Waals surface area contributed by atoms with Crippen LogP contribution in [0, 0.1) is 0 Å². The van der Waals surface area contributed by atoms with Crippen LogP contribution in [-0.4, -0.2) is 6.04 Å². The molecule has 0 atom stereocenters. The number of hydrogen-bond acceptors (Lipinski definition) is 1. The fourth-order valence-electron chi connectivity index (χ4n) is 1.20. The summed E-state index contributed by atoms with van der Waals surface area (Å²) < 4.78 is 4.36. The molecular formula is C6H11NTa. The molecule has 0 aromatic carbocycles. The maximum atomic E-state index is 4.36. The van der Waals surface area contributed by atoms with Gasteiger partial charge >= 0.3 is 62.4 Å². The Kier molecular flexibility index (Phi) is 2.95. The van der Waals surface area contributed by atoms with E-state index in [1.54, 1.807) is 0 Å². The predicted octanol–water partition coefficient (Wildman–Crippen LogP) is 2.05. The second kappa shape index (κ2) is 3.54. The van der Waals surface area contributed by atoms with Gasteiger partial charge in [0, 0.05) is 0 Å². The van der Waals surface area contributed by atoms with E-state index in [4.69, 9.17) is 0 Å². The first kappa shape index (κ1) is 6.66. The first-order valence-electron chi connectivity index (χ1n) is 3.27. The first-order chi connectivity index (χ1) is 3.93. The van der Waals surface area contributed by atoms with Crippen LogP contribution in [0.1, 0.15) is 32.1 Å². The number of nitrogens with zero attached hydrogens (tertiary/aromatic N) is 1. The summed E-state index contributed by atoms with van der Waals surface area (Å²) in [5, 5.41) is 0.